The average Bonchev–Trinajstić information content (AvgIpc) is 2.96. The minimum absolute atomic E-state index is 0.515. The maximum absolute atomic E-state index is 5.75. The van der Waals surface area contributed by atoms with E-state index in [9.17, 15) is 0 Å². The number of benzene rings is 1. The van der Waals surface area contributed by atoms with Crippen LogP contribution in [0.1, 0.15) is 32.3 Å². The summed E-state index contributed by atoms with van der Waals surface area (Å²) in [7, 11) is 0. The summed E-state index contributed by atoms with van der Waals surface area (Å²) in [6.07, 6.45) is 3.65. The Balaban J connectivity index is 1.65. The number of anilines is 1. The van der Waals surface area contributed by atoms with E-state index in [-0.39, 0.29) is 0 Å². The fraction of sp³-hybridized carbons (Fsp3) is 0.429. The molecule has 0 fully saturated rings. The number of nitrogens with one attached hydrogen (secondary N) is 2. The number of hydrogen-bond donors (Lipinski definition) is 2. The van der Waals surface area contributed by atoms with E-state index in [2.05, 4.69) is 27.5 Å². The van der Waals surface area contributed by atoms with Crippen molar-refractivity contribution in [1.82, 2.24) is 10.3 Å². The highest BCUT2D eigenvalue weighted by atomic mass is 16.5. The standard InChI is InChI=1S/C21H28N4O3/c1-3-10-28-20-9-6-16(14-23-20)15-24-21(22-4-2)25-17-7-8-18-19(13-17)27-12-5-11-26-18/h6-9,13-14H,3-5,10-12,15H2,1-2H3,(H2,22,24,25). The number of pyridine rings is 1. The number of aliphatic imine (C=N–C) groups is 1. The third-order valence-electron chi connectivity index (χ3n) is 4.03. The molecule has 0 unspecified atom stereocenters. The Labute approximate surface area is 166 Å². The van der Waals surface area contributed by atoms with Crippen LogP contribution in [0.4, 0.5) is 5.69 Å². The highest BCUT2D eigenvalue weighted by molar-refractivity contribution is 5.93. The minimum atomic E-state index is 0.515. The van der Waals surface area contributed by atoms with E-state index in [0.717, 1.165) is 42.1 Å². The molecule has 1 aliphatic heterocycles. The molecule has 0 atom stereocenters. The molecular weight excluding hydrogens is 356 g/mol. The van der Waals surface area contributed by atoms with Crippen molar-refractivity contribution in [1.29, 1.82) is 0 Å². The molecule has 0 radical (unpaired) electrons. The summed E-state index contributed by atoms with van der Waals surface area (Å²) < 4.78 is 16.9. The van der Waals surface area contributed by atoms with Crippen molar-refractivity contribution in [3.8, 4) is 17.4 Å². The molecule has 2 aromatic rings. The van der Waals surface area contributed by atoms with Crippen LogP contribution in [0.5, 0.6) is 17.4 Å². The summed E-state index contributed by atoms with van der Waals surface area (Å²) in [6, 6.07) is 9.69. The summed E-state index contributed by atoms with van der Waals surface area (Å²) in [5.41, 5.74) is 1.91. The highest BCUT2D eigenvalue weighted by Crippen LogP contribution is 2.32. The molecule has 0 saturated carbocycles. The van der Waals surface area contributed by atoms with Gasteiger partial charge in [0.1, 0.15) is 0 Å². The van der Waals surface area contributed by atoms with Crippen LogP contribution in [0, 0.1) is 0 Å². The van der Waals surface area contributed by atoms with Gasteiger partial charge >= 0.3 is 0 Å². The topological polar surface area (TPSA) is 77.0 Å². The van der Waals surface area contributed by atoms with Gasteiger partial charge in [-0.3, -0.25) is 0 Å². The number of aromatic nitrogens is 1. The van der Waals surface area contributed by atoms with E-state index < -0.39 is 0 Å². The number of ether oxygens (including phenoxy) is 3. The second-order valence-corrected chi connectivity index (χ2v) is 6.39. The Morgan fingerprint density at radius 2 is 2.00 bits per heavy atom. The van der Waals surface area contributed by atoms with Crippen LogP contribution in [0.3, 0.4) is 0 Å². The second-order valence-electron chi connectivity index (χ2n) is 6.39. The van der Waals surface area contributed by atoms with E-state index >= 15 is 0 Å². The fourth-order valence-electron chi connectivity index (χ4n) is 2.65. The lowest BCUT2D eigenvalue weighted by molar-refractivity contribution is 0.297. The maximum Gasteiger partial charge on any atom is 0.213 e. The van der Waals surface area contributed by atoms with Crippen LogP contribution >= 0.6 is 0 Å². The van der Waals surface area contributed by atoms with Crippen molar-refractivity contribution < 1.29 is 14.2 Å². The van der Waals surface area contributed by atoms with E-state index in [1.807, 2.05) is 37.3 Å². The maximum atomic E-state index is 5.75. The fourth-order valence-corrected chi connectivity index (χ4v) is 2.65. The summed E-state index contributed by atoms with van der Waals surface area (Å²) in [4.78, 5) is 8.96. The monoisotopic (exact) mass is 384 g/mol. The SMILES string of the molecule is CCCOc1ccc(CN=C(NCC)Nc2ccc3c(c2)OCCCO3)cn1. The molecule has 7 nitrogen and oxygen atoms in total. The molecule has 0 spiro atoms. The first-order valence-electron chi connectivity index (χ1n) is 9.81. The van der Waals surface area contributed by atoms with Crippen molar-refractivity contribution in [3.63, 3.8) is 0 Å². The van der Waals surface area contributed by atoms with Gasteiger partial charge in [0.15, 0.2) is 17.5 Å². The molecule has 1 aromatic carbocycles. The normalized spacial score (nSPS) is 13.6. The molecule has 1 aliphatic rings. The van der Waals surface area contributed by atoms with Crippen molar-refractivity contribution in [3.05, 3.63) is 42.1 Å². The first-order chi connectivity index (χ1) is 13.8. The molecule has 0 saturated heterocycles. The molecule has 1 aromatic heterocycles. The van der Waals surface area contributed by atoms with Gasteiger partial charge in [0.25, 0.3) is 0 Å². The van der Waals surface area contributed by atoms with Gasteiger partial charge in [0.2, 0.25) is 5.88 Å². The lowest BCUT2D eigenvalue weighted by atomic mass is 10.2. The zero-order valence-electron chi connectivity index (χ0n) is 16.5. The predicted octanol–water partition coefficient (Wildman–Crippen LogP) is 3.61. The van der Waals surface area contributed by atoms with E-state index in [1.165, 1.54) is 0 Å². The Morgan fingerprint density at radius 3 is 2.75 bits per heavy atom. The van der Waals surface area contributed by atoms with Crippen LogP contribution in [-0.4, -0.2) is 37.3 Å². The highest BCUT2D eigenvalue weighted by Gasteiger charge is 2.11. The predicted molar refractivity (Wildman–Crippen MR) is 111 cm³/mol. The molecule has 0 aliphatic carbocycles. The number of rotatable bonds is 7. The summed E-state index contributed by atoms with van der Waals surface area (Å²) in [5.74, 6) is 2.88. The third-order valence-corrected chi connectivity index (χ3v) is 4.03. The summed E-state index contributed by atoms with van der Waals surface area (Å²) in [6.45, 7) is 7.40. The average molecular weight is 384 g/mol. The van der Waals surface area contributed by atoms with Crippen molar-refractivity contribution in [2.75, 3.05) is 31.7 Å². The molecule has 2 heterocycles. The molecule has 3 rings (SSSR count). The Bertz CT molecular complexity index is 778. The molecule has 28 heavy (non-hydrogen) atoms. The molecule has 0 bridgehead atoms. The van der Waals surface area contributed by atoms with Crippen LogP contribution in [0.15, 0.2) is 41.5 Å². The van der Waals surface area contributed by atoms with Gasteiger partial charge in [0.05, 0.1) is 26.4 Å². The van der Waals surface area contributed by atoms with Gasteiger partial charge in [-0.1, -0.05) is 13.0 Å². The van der Waals surface area contributed by atoms with Crippen LogP contribution in [-0.2, 0) is 6.54 Å². The van der Waals surface area contributed by atoms with Gasteiger partial charge < -0.3 is 24.8 Å². The van der Waals surface area contributed by atoms with Gasteiger partial charge in [-0.25, -0.2) is 9.98 Å². The number of hydrogen-bond acceptors (Lipinski definition) is 5. The third kappa shape index (κ3) is 5.77. The first kappa shape index (κ1) is 19.8. The molecule has 2 N–H and O–H groups in total. The minimum Gasteiger partial charge on any atom is -0.490 e. The largest absolute Gasteiger partial charge is 0.490 e. The quantitative estimate of drug-likeness (QED) is 0.561. The van der Waals surface area contributed by atoms with E-state index in [4.69, 9.17) is 14.2 Å². The van der Waals surface area contributed by atoms with E-state index in [0.29, 0.717) is 38.2 Å². The van der Waals surface area contributed by atoms with Gasteiger partial charge in [-0.05, 0) is 31.0 Å². The van der Waals surface area contributed by atoms with Gasteiger partial charge in [0, 0.05) is 37.0 Å². The molecule has 150 valence electrons. The van der Waals surface area contributed by atoms with E-state index in [1.54, 1.807) is 6.20 Å². The zero-order chi connectivity index (χ0) is 19.6. The van der Waals surface area contributed by atoms with Crippen molar-refractivity contribution in [2.24, 2.45) is 4.99 Å². The lowest BCUT2D eigenvalue weighted by Gasteiger charge is -2.13. The summed E-state index contributed by atoms with van der Waals surface area (Å²) in [5, 5.41) is 6.57. The Hall–Kier alpha value is -2.96. The number of nitrogens with zero attached hydrogens (tertiary/aromatic N) is 2. The second kappa shape index (κ2) is 10.4. The Kier molecular flexibility index (Phi) is 7.35. The molecule has 7 heteroatoms. The van der Waals surface area contributed by atoms with Crippen molar-refractivity contribution >= 4 is 11.6 Å². The number of fused-ring (bicyclic) bond motifs is 1. The summed E-state index contributed by atoms with van der Waals surface area (Å²) >= 11 is 0. The Morgan fingerprint density at radius 1 is 1.14 bits per heavy atom. The lowest BCUT2D eigenvalue weighted by Crippen LogP contribution is -2.30. The molecule has 0 amide bonds. The van der Waals surface area contributed by atoms with Crippen LogP contribution in [0.2, 0.25) is 0 Å². The van der Waals surface area contributed by atoms with Crippen LogP contribution in [0.25, 0.3) is 0 Å². The smallest absolute Gasteiger partial charge is 0.213 e. The van der Waals surface area contributed by atoms with Gasteiger partial charge in [-0.2, -0.15) is 0 Å². The number of guanidine groups is 1. The molecular formula is C21H28N4O3. The van der Waals surface area contributed by atoms with Crippen molar-refractivity contribution in [2.45, 2.75) is 33.2 Å². The first-order valence-corrected chi connectivity index (χ1v) is 9.81. The zero-order valence-corrected chi connectivity index (χ0v) is 16.5. The van der Waals surface area contributed by atoms with Crippen LogP contribution < -0.4 is 24.8 Å². The van der Waals surface area contributed by atoms with Gasteiger partial charge in [-0.15, -0.1) is 0 Å².